The van der Waals surface area contributed by atoms with Crippen molar-refractivity contribution in [3.63, 3.8) is 0 Å². The standard InChI is InChI=1S/C41H28/c1-41(2)38-13-6-5-10-33(38)34-19-18-27(24-39(34)41)26-16-14-25-15-17-28(23-29(25)22-26)30-20-21-37-32-9-4-3-8-31(32)36-12-7-11-35(30)40(36)37/h3-24H,1-2H3. The molecule has 0 saturated carbocycles. The maximum atomic E-state index is 2.42. The molecule has 0 radical (unpaired) electrons. The monoisotopic (exact) mass is 520 g/mol. The minimum Gasteiger partial charge on any atom is -0.0619 e. The van der Waals surface area contributed by atoms with Crippen LogP contribution in [0, 0.1) is 0 Å². The van der Waals surface area contributed by atoms with E-state index in [0.29, 0.717) is 0 Å². The second kappa shape index (κ2) is 8.05. The molecule has 0 aromatic heterocycles. The minimum absolute atomic E-state index is 0.00137. The van der Waals surface area contributed by atoms with Gasteiger partial charge in [0.25, 0.3) is 0 Å². The Bertz CT molecular complexity index is 2200. The molecule has 41 heavy (non-hydrogen) atoms. The van der Waals surface area contributed by atoms with E-state index in [4.69, 9.17) is 0 Å². The van der Waals surface area contributed by atoms with Crippen molar-refractivity contribution in [2.45, 2.75) is 19.3 Å². The third-order valence-electron chi connectivity index (χ3n) is 9.62. The lowest BCUT2D eigenvalue weighted by Crippen LogP contribution is -2.14. The summed E-state index contributed by atoms with van der Waals surface area (Å²) in [7, 11) is 0. The van der Waals surface area contributed by atoms with Gasteiger partial charge in [-0.3, -0.25) is 0 Å². The van der Waals surface area contributed by atoms with Crippen LogP contribution >= 0.6 is 0 Å². The highest BCUT2D eigenvalue weighted by atomic mass is 14.4. The predicted molar refractivity (Wildman–Crippen MR) is 174 cm³/mol. The Labute approximate surface area is 240 Å². The average Bonchev–Trinajstić information content (AvgIpc) is 3.47. The molecular weight excluding hydrogens is 492 g/mol. The lowest BCUT2D eigenvalue weighted by Gasteiger charge is -2.22. The highest BCUT2D eigenvalue weighted by Gasteiger charge is 2.35. The first-order chi connectivity index (χ1) is 20.1. The van der Waals surface area contributed by atoms with Crippen LogP contribution in [0.4, 0.5) is 0 Å². The molecule has 9 rings (SSSR count). The Morgan fingerprint density at radius 2 is 0.927 bits per heavy atom. The van der Waals surface area contributed by atoms with Crippen molar-refractivity contribution < 1.29 is 0 Å². The van der Waals surface area contributed by atoms with Crippen LogP contribution in [0.1, 0.15) is 25.0 Å². The van der Waals surface area contributed by atoms with Crippen LogP contribution in [0.15, 0.2) is 133 Å². The molecule has 0 heteroatoms. The van der Waals surface area contributed by atoms with Gasteiger partial charge in [-0.1, -0.05) is 129 Å². The van der Waals surface area contributed by atoms with E-state index in [9.17, 15) is 0 Å². The summed E-state index contributed by atoms with van der Waals surface area (Å²) in [4.78, 5) is 0. The summed E-state index contributed by atoms with van der Waals surface area (Å²) in [6.07, 6.45) is 0. The van der Waals surface area contributed by atoms with Gasteiger partial charge in [-0.25, -0.2) is 0 Å². The Morgan fingerprint density at radius 1 is 0.366 bits per heavy atom. The van der Waals surface area contributed by atoms with Crippen LogP contribution < -0.4 is 0 Å². The summed E-state index contributed by atoms with van der Waals surface area (Å²) in [6.45, 7) is 4.70. The first kappa shape index (κ1) is 22.8. The number of hydrogen-bond donors (Lipinski definition) is 0. The van der Waals surface area contributed by atoms with Gasteiger partial charge in [0.1, 0.15) is 0 Å². The average molecular weight is 521 g/mol. The topological polar surface area (TPSA) is 0 Å². The van der Waals surface area contributed by atoms with E-state index in [2.05, 4.69) is 147 Å². The van der Waals surface area contributed by atoms with Crippen LogP contribution in [0.25, 0.3) is 77.2 Å². The number of benzene rings is 7. The van der Waals surface area contributed by atoms with Crippen LogP contribution in [-0.2, 0) is 5.41 Å². The molecule has 0 fully saturated rings. The summed E-state index contributed by atoms with van der Waals surface area (Å²) in [6, 6.07) is 49.9. The van der Waals surface area contributed by atoms with Crippen molar-refractivity contribution >= 4 is 21.5 Å². The molecule has 0 aliphatic heterocycles. The largest absolute Gasteiger partial charge is 0.0619 e. The lowest BCUT2D eigenvalue weighted by atomic mass is 9.81. The third kappa shape index (κ3) is 3.11. The minimum atomic E-state index is 0.00137. The molecule has 0 atom stereocenters. The normalized spacial score (nSPS) is 13.8. The van der Waals surface area contributed by atoms with Gasteiger partial charge in [-0.05, 0) is 107 Å². The van der Waals surface area contributed by atoms with Gasteiger partial charge in [0.15, 0.2) is 0 Å². The van der Waals surface area contributed by atoms with Crippen LogP contribution in [-0.4, -0.2) is 0 Å². The van der Waals surface area contributed by atoms with Crippen molar-refractivity contribution in [3.05, 3.63) is 145 Å². The Kier molecular flexibility index (Phi) is 4.49. The summed E-state index contributed by atoms with van der Waals surface area (Å²) >= 11 is 0. The number of rotatable bonds is 2. The lowest BCUT2D eigenvalue weighted by molar-refractivity contribution is 0.660. The van der Waals surface area contributed by atoms with Gasteiger partial charge in [-0.15, -0.1) is 0 Å². The van der Waals surface area contributed by atoms with Gasteiger partial charge >= 0.3 is 0 Å². The molecule has 0 saturated heterocycles. The van der Waals surface area contributed by atoms with E-state index in [0.717, 1.165) is 0 Å². The Balaban J connectivity index is 1.17. The summed E-state index contributed by atoms with van der Waals surface area (Å²) in [5.41, 5.74) is 16.1. The Hall–Kier alpha value is -4.94. The smallest absolute Gasteiger partial charge is 0.0159 e. The second-order valence-electron chi connectivity index (χ2n) is 12.1. The van der Waals surface area contributed by atoms with Crippen LogP contribution in [0.5, 0.6) is 0 Å². The second-order valence-corrected chi connectivity index (χ2v) is 12.1. The van der Waals surface area contributed by atoms with Gasteiger partial charge in [0.2, 0.25) is 0 Å². The fourth-order valence-corrected chi connectivity index (χ4v) is 7.54. The molecule has 0 unspecified atom stereocenters. The van der Waals surface area contributed by atoms with E-state index in [-0.39, 0.29) is 5.41 Å². The van der Waals surface area contributed by atoms with Crippen molar-refractivity contribution in [1.29, 1.82) is 0 Å². The van der Waals surface area contributed by atoms with E-state index in [1.165, 1.54) is 88.3 Å². The van der Waals surface area contributed by atoms with Crippen molar-refractivity contribution in [2.75, 3.05) is 0 Å². The van der Waals surface area contributed by atoms with E-state index in [1.54, 1.807) is 0 Å². The molecular formula is C41H28. The van der Waals surface area contributed by atoms with Gasteiger partial charge < -0.3 is 0 Å². The molecule has 192 valence electrons. The third-order valence-corrected chi connectivity index (χ3v) is 9.62. The molecule has 2 aliphatic rings. The zero-order valence-corrected chi connectivity index (χ0v) is 23.2. The molecule has 0 bridgehead atoms. The molecule has 2 aliphatic carbocycles. The zero-order valence-electron chi connectivity index (χ0n) is 23.2. The Morgan fingerprint density at radius 3 is 1.76 bits per heavy atom. The van der Waals surface area contributed by atoms with Crippen LogP contribution in [0.3, 0.4) is 0 Å². The van der Waals surface area contributed by atoms with E-state index in [1.807, 2.05) is 0 Å². The number of hydrogen-bond acceptors (Lipinski definition) is 0. The highest BCUT2D eigenvalue weighted by molar-refractivity contribution is 6.18. The van der Waals surface area contributed by atoms with E-state index < -0.39 is 0 Å². The fraction of sp³-hybridized carbons (Fsp3) is 0.0732. The number of fused-ring (bicyclic) bond motifs is 7. The molecule has 7 aromatic rings. The van der Waals surface area contributed by atoms with Crippen molar-refractivity contribution in [2.24, 2.45) is 0 Å². The first-order valence-corrected chi connectivity index (χ1v) is 14.5. The predicted octanol–water partition coefficient (Wildman–Crippen LogP) is 11.3. The maximum absolute atomic E-state index is 2.42. The molecule has 0 nitrogen and oxygen atoms in total. The summed E-state index contributed by atoms with van der Waals surface area (Å²) in [5, 5.41) is 5.24. The molecule has 0 amide bonds. The first-order valence-electron chi connectivity index (χ1n) is 14.5. The highest BCUT2D eigenvalue weighted by Crippen LogP contribution is 2.51. The zero-order chi connectivity index (χ0) is 27.3. The SMILES string of the molecule is CC1(C)c2ccccc2-c2ccc(-c3ccc4ccc(-c5ccc6c7c(cccc57)-c5ccccc5-6)cc4c3)cc21. The quantitative estimate of drug-likeness (QED) is 0.213. The summed E-state index contributed by atoms with van der Waals surface area (Å²) in [5.74, 6) is 0. The molecule has 7 aromatic carbocycles. The van der Waals surface area contributed by atoms with Crippen LogP contribution in [0.2, 0.25) is 0 Å². The molecule has 0 N–H and O–H groups in total. The summed E-state index contributed by atoms with van der Waals surface area (Å²) < 4.78 is 0. The van der Waals surface area contributed by atoms with Gasteiger partial charge in [-0.2, -0.15) is 0 Å². The van der Waals surface area contributed by atoms with Crippen molar-refractivity contribution in [3.8, 4) is 55.6 Å². The maximum Gasteiger partial charge on any atom is 0.0159 e. The molecule has 0 spiro atoms. The van der Waals surface area contributed by atoms with E-state index >= 15 is 0 Å². The fourth-order valence-electron chi connectivity index (χ4n) is 7.54. The van der Waals surface area contributed by atoms with Gasteiger partial charge in [0.05, 0.1) is 0 Å². The molecule has 0 heterocycles. The van der Waals surface area contributed by atoms with Crippen molar-refractivity contribution in [1.82, 2.24) is 0 Å². The van der Waals surface area contributed by atoms with Gasteiger partial charge in [0, 0.05) is 5.41 Å².